The minimum Gasteiger partial charge on any atom is -0.367 e. The molecule has 4 heteroatoms. The van der Waals surface area contributed by atoms with Crippen LogP contribution in [0, 0.1) is 17.1 Å². The van der Waals surface area contributed by atoms with Crippen LogP contribution in [-0.2, 0) is 0 Å². The number of halogens is 1. The molecule has 0 aliphatic carbocycles. The molecule has 0 saturated heterocycles. The molecule has 0 aliphatic heterocycles. The summed E-state index contributed by atoms with van der Waals surface area (Å²) in [5.74, 6) is 0.571. The van der Waals surface area contributed by atoms with Crippen LogP contribution in [0.25, 0.3) is 0 Å². The van der Waals surface area contributed by atoms with Crippen molar-refractivity contribution in [3.05, 3.63) is 30.1 Å². The summed E-state index contributed by atoms with van der Waals surface area (Å²) < 4.78 is 13.2. The monoisotopic (exact) mass is 224 g/mol. The summed E-state index contributed by atoms with van der Waals surface area (Å²) in [6.07, 6.45) is 2.70. The molecule has 0 bridgehead atoms. The van der Waals surface area contributed by atoms with Crippen molar-refractivity contribution < 1.29 is 4.39 Å². The van der Waals surface area contributed by atoms with Crippen LogP contribution < -0.4 is 5.32 Å². The first-order valence-electron chi connectivity index (χ1n) is 4.67. The molecular weight excluding hydrogens is 211 g/mol. The van der Waals surface area contributed by atoms with Gasteiger partial charge in [0.1, 0.15) is 11.9 Å². The second kappa shape index (κ2) is 6.31. The van der Waals surface area contributed by atoms with E-state index in [1.54, 1.807) is 30.0 Å². The highest BCUT2D eigenvalue weighted by Gasteiger charge is 2.08. The molecule has 1 aromatic rings. The van der Waals surface area contributed by atoms with E-state index in [0.717, 1.165) is 5.75 Å². The molecule has 0 fully saturated rings. The van der Waals surface area contributed by atoms with Gasteiger partial charge < -0.3 is 5.32 Å². The Kier molecular flexibility index (Phi) is 4.99. The standard InChI is InChI=1S/C11H13FN2S/c1-15-7-6-9(8-13)14-11-5-3-2-4-10(11)12/h2-5,9,14H,6-7H2,1H3. The van der Waals surface area contributed by atoms with E-state index < -0.39 is 0 Å². The van der Waals surface area contributed by atoms with E-state index in [1.165, 1.54) is 6.07 Å². The number of nitrogens with zero attached hydrogens (tertiary/aromatic N) is 1. The van der Waals surface area contributed by atoms with Crippen LogP contribution in [0.15, 0.2) is 24.3 Å². The highest BCUT2D eigenvalue weighted by Crippen LogP contribution is 2.15. The normalized spacial score (nSPS) is 11.8. The Hall–Kier alpha value is -1.21. The van der Waals surface area contributed by atoms with Crippen molar-refractivity contribution in [2.45, 2.75) is 12.5 Å². The number of anilines is 1. The van der Waals surface area contributed by atoms with E-state index in [-0.39, 0.29) is 11.9 Å². The maximum atomic E-state index is 13.2. The molecule has 0 heterocycles. The number of hydrogen-bond acceptors (Lipinski definition) is 3. The number of hydrogen-bond donors (Lipinski definition) is 1. The molecule has 1 atom stereocenters. The largest absolute Gasteiger partial charge is 0.367 e. The highest BCUT2D eigenvalue weighted by molar-refractivity contribution is 7.98. The summed E-state index contributed by atoms with van der Waals surface area (Å²) in [5, 5.41) is 11.7. The van der Waals surface area contributed by atoms with Gasteiger partial charge in [-0.3, -0.25) is 0 Å². The molecule has 80 valence electrons. The average molecular weight is 224 g/mol. The lowest BCUT2D eigenvalue weighted by molar-refractivity contribution is 0.628. The van der Waals surface area contributed by atoms with Crippen molar-refractivity contribution in [3.8, 4) is 6.07 Å². The third-order valence-corrected chi connectivity index (χ3v) is 2.61. The average Bonchev–Trinajstić information content (AvgIpc) is 2.26. The molecule has 0 aliphatic rings. The van der Waals surface area contributed by atoms with Crippen molar-refractivity contribution in [1.82, 2.24) is 0 Å². The molecule has 0 saturated carbocycles. The van der Waals surface area contributed by atoms with Crippen LogP contribution in [-0.4, -0.2) is 18.1 Å². The zero-order valence-corrected chi connectivity index (χ0v) is 9.35. The first kappa shape index (κ1) is 11.9. The summed E-state index contributed by atoms with van der Waals surface area (Å²) in [6, 6.07) is 8.19. The summed E-state index contributed by atoms with van der Waals surface area (Å²) in [5.41, 5.74) is 0.394. The SMILES string of the molecule is CSCCC(C#N)Nc1ccccc1F. The number of rotatable bonds is 5. The fourth-order valence-electron chi connectivity index (χ4n) is 1.17. The van der Waals surface area contributed by atoms with Gasteiger partial charge in [0.2, 0.25) is 0 Å². The molecular formula is C11H13FN2S. The maximum absolute atomic E-state index is 13.2. The number of thioether (sulfide) groups is 1. The van der Waals surface area contributed by atoms with Gasteiger partial charge in [-0.1, -0.05) is 12.1 Å². The lowest BCUT2D eigenvalue weighted by atomic mass is 10.2. The van der Waals surface area contributed by atoms with Gasteiger partial charge in [0.05, 0.1) is 11.8 Å². The predicted octanol–water partition coefficient (Wildman–Crippen LogP) is 2.88. The molecule has 1 unspecified atom stereocenters. The van der Waals surface area contributed by atoms with Crippen LogP contribution in [0.5, 0.6) is 0 Å². The van der Waals surface area contributed by atoms with E-state index in [1.807, 2.05) is 6.26 Å². The third-order valence-electron chi connectivity index (χ3n) is 1.97. The Morgan fingerprint density at radius 3 is 2.87 bits per heavy atom. The van der Waals surface area contributed by atoms with Crippen molar-refractivity contribution in [3.63, 3.8) is 0 Å². The summed E-state index contributed by atoms with van der Waals surface area (Å²) in [6.45, 7) is 0. The van der Waals surface area contributed by atoms with Crippen LogP contribution in [0.1, 0.15) is 6.42 Å². The summed E-state index contributed by atoms with van der Waals surface area (Å²) in [4.78, 5) is 0. The summed E-state index contributed by atoms with van der Waals surface area (Å²) >= 11 is 1.68. The van der Waals surface area contributed by atoms with Gasteiger partial charge in [0, 0.05) is 0 Å². The van der Waals surface area contributed by atoms with E-state index in [0.29, 0.717) is 12.1 Å². The zero-order valence-electron chi connectivity index (χ0n) is 8.53. The molecule has 1 rings (SSSR count). The lowest BCUT2D eigenvalue weighted by Gasteiger charge is -2.12. The van der Waals surface area contributed by atoms with Gasteiger partial charge >= 0.3 is 0 Å². The second-order valence-electron chi connectivity index (χ2n) is 3.09. The molecule has 15 heavy (non-hydrogen) atoms. The highest BCUT2D eigenvalue weighted by atomic mass is 32.2. The van der Waals surface area contributed by atoms with Crippen molar-refractivity contribution >= 4 is 17.4 Å². The predicted molar refractivity (Wildman–Crippen MR) is 62.4 cm³/mol. The first-order chi connectivity index (χ1) is 7.27. The van der Waals surface area contributed by atoms with Crippen LogP contribution in [0.4, 0.5) is 10.1 Å². The molecule has 1 aromatic carbocycles. The number of nitriles is 1. The topological polar surface area (TPSA) is 35.8 Å². The number of para-hydroxylation sites is 1. The Balaban J connectivity index is 2.60. The molecule has 2 nitrogen and oxygen atoms in total. The molecule has 0 radical (unpaired) electrons. The van der Waals surface area contributed by atoms with Crippen molar-refractivity contribution in [1.29, 1.82) is 5.26 Å². The van der Waals surface area contributed by atoms with Gasteiger partial charge in [0.15, 0.2) is 0 Å². The maximum Gasteiger partial charge on any atom is 0.146 e. The Morgan fingerprint density at radius 1 is 1.53 bits per heavy atom. The Morgan fingerprint density at radius 2 is 2.27 bits per heavy atom. The fourth-order valence-corrected chi connectivity index (χ4v) is 1.64. The van der Waals surface area contributed by atoms with Gasteiger partial charge in [0.25, 0.3) is 0 Å². The Labute approximate surface area is 93.5 Å². The van der Waals surface area contributed by atoms with Gasteiger partial charge in [-0.15, -0.1) is 0 Å². The molecule has 1 N–H and O–H groups in total. The van der Waals surface area contributed by atoms with E-state index in [2.05, 4.69) is 11.4 Å². The molecule has 0 amide bonds. The minimum atomic E-state index is -0.325. The number of nitrogens with one attached hydrogen (secondary N) is 1. The quantitative estimate of drug-likeness (QED) is 0.835. The number of benzene rings is 1. The van der Waals surface area contributed by atoms with Gasteiger partial charge in [-0.2, -0.15) is 17.0 Å². The zero-order chi connectivity index (χ0) is 11.1. The third kappa shape index (κ3) is 3.80. The van der Waals surface area contributed by atoms with Crippen LogP contribution in [0.2, 0.25) is 0 Å². The lowest BCUT2D eigenvalue weighted by Crippen LogP contribution is -2.18. The summed E-state index contributed by atoms with van der Waals surface area (Å²) in [7, 11) is 0. The van der Waals surface area contributed by atoms with Gasteiger partial charge in [-0.05, 0) is 30.6 Å². The van der Waals surface area contributed by atoms with Gasteiger partial charge in [-0.25, -0.2) is 4.39 Å². The first-order valence-corrected chi connectivity index (χ1v) is 6.07. The Bertz CT molecular complexity index is 349. The smallest absolute Gasteiger partial charge is 0.146 e. The van der Waals surface area contributed by atoms with E-state index in [9.17, 15) is 4.39 Å². The van der Waals surface area contributed by atoms with E-state index in [4.69, 9.17) is 5.26 Å². The van der Waals surface area contributed by atoms with Crippen molar-refractivity contribution in [2.75, 3.05) is 17.3 Å². The van der Waals surface area contributed by atoms with Crippen LogP contribution >= 0.6 is 11.8 Å². The van der Waals surface area contributed by atoms with Crippen molar-refractivity contribution in [2.24, 2.45) is 0 Å². The second-order valence-corrected chi connectivity index (χ2v) is 4.07. The minimum absolute atomic E-state index is 0.318. The van der Waals surface area contributed by atoms with Crippen LogP contribution in [0.3, 0.4) is 0 Å². The molecule has 0 aromatic heterocycles. The molecule has 0 spiro atoms. The van der Waals surface area contributed by atoms with E-state index >= 15 is 0 Å². The fraction of sp³-hybridized carbons (Fsp3) is 0.364.